The molecule has 108 valence electrons. The highest BCUT2D eigenvalue weighted by Crippen LogP contribution is 2.27. The quantitative estimate of drug-likeness (QED) is 0.941. The average Bonchev–Trinajstić information content (AvgIpc) is 2.85. The zero-order valence-corrected chi connectivity index (χ0v) is 11.3. The van der Waals surface area contributed by atoms with E-state index in [0.717, 1.165) is 30.8 Å². The molecule has 0 saturated heterocycles. The van der Waals surface area contributed by atoms with Gasteiger partial charge in [0.2, 0.25) is 5.91 Å². The SMILES string of the molecule is O=C(CN1CCc2ccccc21)Nc1ccc(F)cc1F. The largest absolute Gasteiger partial charge is 0.362 e. The van der Waals surface area contributed by atoms with Crippen molar-refractivity contribution in [2.75, 3.05) is 23.3 Å². The molecule has 0 spiro atoms. The maximum atomic E-state index is 13.5. The van der Waals surface area contributed by atoms with Gasteiger partial charge < -0.3 is 10.2 Å². The Morgan fingerprint density at radius 3 is 2.81 bits per heavy atom. The van der Waals surface area contributed by atoms with E-state index in [1.807, 2.05) is 29.2 Å². The summed E-state index contributed by atoms with van der Waals surface area (Å²) in [6.45, 7) is 0.909. The highest BCUT2D eigenvalue weighted by molar-refractivity contribution is 5.94. The van der Waals surface area contributed by atoms with E-state index < -0.39 is 11.6 Å². The van der Waals surface area contributed by atoms with Gasteiger partial charge in [0.15, 0.2) is 0 Å². The summed E-state index contributed by atoms with van der Waals surface area (Å²) in [5, 5.41) is 2.47. The third kappa shape index (κ3) is 2.86. The van der Waals surface area contributed by atoms with Crippen LogP contribution in [0.15, 0.2) is 42.5 Å². The molecule has 2 aromatic carbocycles. The third-order valence-electron chi connectivity index (χ3n) is 3.52. The molecule has 1 aliphatic heterocycles. The van der Waals surface area contributed by atoms with Gasteiger partial charge in [-0.1, -0.05) is 18.2 Å². The molecule has 0 aliphatic carbocycles. The van der Waals surface area contributed by atoms with Crippen LogP contribution in [0.2, 0.25) is 0 Å². The lowest BCUT2D eigenvalue weighted by Gasteiger charge is -2.18. The van der Waals surface area contributed by atoms with Gasteiger partial charge in [-0.05, 0) is 30.2 Å². The molecular formula is C16H14F2N2O. The van der Waals surface area contributed by atoms with Crippen LogP contribution in [0.3, 0.4) is 0 Å². The molecule has 1 amide bonds. The Labute approximate surface area is 121 Å². The van der Waals surface area contributed by atoms with E-state index in [0.29, 0.717) is 0 Å². The number of halogens is 2. The topological polar surface area (TPSA) is 32.3 Å². The van der Waals surface area contributed by atoms with E-state index in [4.69, 9.17) is 0 Å². The first kappa shape index (κ1) is 13.5. The minimum atomic E-state index is -0.773. The second kappa shape index (κ2) is 5.52. The van der Waals surface area contributed by atoms with Crippen molar-refractivity contribution in [1.29, 1.82) is 0 Å². The lowest BCUT2D eigenvalue weighted by atomic mass is 10.2. The molecule has 0 atom stereocenters. The molecular weight excluding hydrogens is 274 g/mol. The highest BCUT2D eigenvalue weighted by Gasteiger charge is 2.20. The summed E-state index contributed by atoms with van der Waals surface area (Å²) in [5.41, 5.74) is 2.24. The van der Waals surface area contributed by atoms with Gasteiger partial charge in [-0.2, -0.15) is 0 Å². The number of hydrogen-bond acceptors (Lipinski definition) is 2. The fraction of sp³-hybridized carbons (Fsp3) is 0.188. The number of nitrogens with one attached hydrogen (secondary N) is 1. The Morgan fingerprint density at radius 1 is 1.19 bits per heavy atom. The number of fused-ring (bicyclic) bond motifs is 1. The number of para-hydroxylation sites is 1. The monoisotopic (exact) mass is 288 g/mol. The number of benzene rings is 2. The van der Waals surface area contributed by atoms with Gasteiger partial charge in [0, 0.05) is 18.3 Å². The summed E-state index contributed by atoms with van der Waals surface area (Å²) in [4.78, 5) is 14.0. The number of anilines is 2. The number of rotatable bonds is 3. The summed E-state index contributed by atoms with van der Waals surface area (Å²) in [5.74, 6) is -1.76. The number of carbonyl (C=O) groups is 1. The molecule has 2 aromatic rings. The predicted molar refractivity (Wildman–Crippen MR) is 77.3 cm³/mol. The van der Waals surface area contributed by atoms with E-state index in [-0.39, 0.29) is 18.1 Å². The highest BCUT2D eigenvalue weighted by atomic mass is 19.1. The number of amides is 1. The molecule has 0 saturated carbocycles. The zero-order valence-electron chi connectivity index (χ0n) is 11.3. The summed E-state index contributed by atoms with van der Waals surface area (Å²) in [6.07, 6.45) is 0.897. The first-order valence-corrected chi connectivity index (χ1v) is 6.71. The zero-order chi connectivity index (χ0) is 14.8. The van der Waals surface area contributed by atoms with Crippen LogP contribution in [0, 0.1) is 11.6 Å². The molecule has 0 fully saturated rings. The minimum Gasteiger partial charge on any atom is -0.362 e. The van der Waals surface area contributed by atoms with Gasteiger partial charge in [-0.15, -0.1) is 0 Å². The van der Waals surface area contributed by atoms with Gasteiger partial charge in [-0.25, -0.2) is 8.78 Å². The van der Waals surface area contributed by atoms with E-state index in [1.54, 1.807) is 0 Å². The molecule has 3 rings (SSSR count). The van der Waals surface area contributed by atoms with Crippen molar-refractivity contribution in [2.45, 2.75) is 6.42 Å². The lowest BCUT2D eigenvalue weighted by Crippen LogP contribution is -2.32. The Kier molecular flexibility index (Phi) is 3.56. The van der Waals surface area contributed by atoms with E-state index in [1.165, 1.54) is 11.6 Å². The second-order valence-corrected chi connectivity index (χ2v) is 4.97. The smallest absolute Gasteiger partial charge is 0.243 e. The second-order valence-electron chi connectivity index (χ2n) is 4.97. The number of carbonyl (C=O) groups excluding carboxylic acids is 1. The van der Waals surface area contributed by atoms with Gasteiger partial charge in [0.1, 0.15) is 11.6 Å². The molecule has 1 N–H and O–H groups in total. The Hall–Kier alpha value is -2.43. The van der Waals surface area contributed by atoms with E-state index >= 15 is 0 Å². The molecule has 0 bridgehead atoms. The Morgan fingerprint density at radius 2 is 2.00 bits per heavy atom. The van der Waals surface area contributed by atoms with E-state index in [2.05, 4.69) is 5.32 Å². The third-order valence-corrected chi connectivity index (χ3v) is 3.52. The maximum Gasteiger partial charge on any atom is 0.243 e. The summed E-state index contributed by atoms with van der Waals surface area (Å²) >= 11 is 0. The summed E-state index contributed by atoms with van der Waals surface area (Å²) < 4.78 is 26.3. The van der Waals surface area contributed by atoms with Crippen LogP contribution in [-0.4, -0.2) is 19.0 Å². The maximum absolute atomic E-state index is 13.5. The van der Waals surface area contributed by atoms with Crippen molar-refractivity contribution in [3.63, 3.8) is 0 Å². The van der Waals surface area contributed by atoms with Gasteiger partial charge in [0.05, 0.1) is 12.2 Å². The van der Waals surface area contributed by atoms with Crippen LogP contribution in [0.25, 0.3) is 0 Å². The van der Waals surface area contributed by atoms with Crippen LogP contribution in [0.4, 0.5) is 20.2 Å². The molecule has 1 aliphatic rings. The van der Waals surface area contributed by atoms with Crippen molar-refractivity contribution in [3.05, 3.63) is 59.7 Å². The summed E-state index contributed by atoms with van der Waals surface area (Å²) in [7, 11) is 0. The number of nitrogens with zero attached hydrogens (tertiary/aromatic N) is 1. The fourth-order valence-corrected chi connectivity index (χ4v) is 2.52. The van der Waals surface area contributed by atoms with Crippen LogP contribution in [0.1, 0.15) is 5.56 Å². The molecule has 0 radical (unpaired) electrons. The van der Waals surface area contributed by atoms with Crippen molar-refractivity contribution in [1.82, 2.24) is 0 Å². The average molecular weight is 288 g/mol. The first-order chi connectivity index (χ1) is 10.1. The minimum absolute atomic E-state index is 0.00566. The number of hydrogen-bond donors (Lipinski definition) is 1. The van der Waals surface area contributed by atoms with Crippen LogP contribution in [-0.2, 0) is 11.2 Å². The van der Waals surface area contributed by atoms with Crippen molar-refractivity contribution < 1.29 is 13.6 Å². The van der Waals surface area contributed by atoms with Crippen molar-refractivity contribution in [2.24, 2.45) is 0 Å². The Bertz CT molecular complexity index is 688. The van der Waals surface area contributed by atoms with Crippen LogP contribution < -0.4 is 10.2 Å². The van der Waals surface area contributed by atoms with Crippen LogP contribution >= 0.6 is 0 Å². The van der Waals surface area contributed by atoms with Crippen molar-refractivity contribution in [3.8, 4) is 0 Å². The lowest BCUT2D eigenvalue weighted by molar-refractivity contribution is -0.115. The molecule has 0 unspecified atom stereocenters. The molecule has 5 heteroatoms. The normalized spacial score (nSPS) is 13.1. The molecule has 21 heavy (non-hydrogen) atoms. The fourth-order valence-electron chi connectivity index (χ4n) is 2.52. The molecule has 3 nitrogen and oxygen atoms in total. The van der Waals surface area contributed by atoms with Gasteiger partial charge in [-0.3, -0.25) is 4.79 Å². The standard InChI is InChI=1S/C16H14F2N2O/c17-12-5-6-14(13(18)9-12)19-16(21)10-20-8-7-11-3-1-2-4-15(11)20/h1-6,9H,7-8,10H2,(H,19,21). The van der Waals surface area contributed by atoms with E-state index in [9.17, 15) is 13.6 Å². The molecule has 1 heterocycles. The van der Waals surface area contributed by atoms with Crippen LogP contribution in [0.5, 0.6) is 0 Å². The van der Waals surface area contributed by atoms with Gasteiger partial charge in [0.25, 0.3) is 0 Å². The van der Waals surface area contributed by atoms with Crippen molar-refractivity contribution >= 4 is 17.3 Å². The first-order valence-electron chi connectivity index (χ1n) is 6.71. The predicted octanol–water partition coefficient (Wildman–Crippen LogP) is 2.97. The summed E-state index contributed by atoms with van der Waals surface area (Å²) in [6, 6.07) is 11.0. The molecule has 0 aromatic heterocycles. The Balaban J connectivity index is 1.68. The van der Waals surface area contributed by atoms with Gasteiger partial charge >= 0.3 is 0 Å².